The Bertz CT molecular complexity index is 902. The van der Waals surface area contributed by atoms with E-state index in [1.54, 1.807) is 18.3 Å². The molecule has 0 spiro atoms. The van der Waals surface area contributed by atoms with E-state index in [1.165, 1.54) is 0 Å². The van der Waals surface area contributed by atoms with Crippen molar-refractivity contribution in [3.63, 3.8) is 0 Å². The highest BCUT2D eigenvalue weighted by Crippen LogP contribution is 2.26. The van der Waals surface area contributed by atoms with Gasteiger partial charge < -0.3 is 14.8 Å². The highest BCUT2D eigenvalue weighted by Gasteiger charge is 2.18. The van der Waals surface area contributed by atoms with Gasteiger partial charge >= 0.3 is 0 Å². The number of nitrogens with zero attached hydrogens (tertiary/aromatic N) is 2. The van der Waals surface area contributed by atoms with Crippen molar-refractivity contribution in [2.75, 3.05) is 18.5 Å². The molecule has 1 aromatic heterocycles. The van der Waals surface area contributed by atoms with Crippen molar-refractivity contribution in [3.05, 3.63) is 72.6 Å². The fraction of sp³-hybridized carbons (Fsp3) is 0.238. The maximum absolute atomic E-state index is 12.8. The summed E-state index contributed by atoms with van der Waals surface area (Å²) in [6.07, 6.45) is 5.41. The van der Waals surface area contributed by atoms with Crippen LogP contribution in [0.25, 0.3) is 0 Å². The zero-order valence-corrected chi connectivity index (χ0v) is 14.9. The lowest BCUT2D eigenvalue weighted by molar-refractivity contribution is 0.0662. The molecular weight excluding hydrogens is 342 g/mol. The molecule has 0 radical (unpaired) electrons. The average molecular weight is 363 g/mol. The molecule has 2 heterocycles. The number of hydrogen-bond donors (Lipinski definition) is 1. The molecule has 2 aromatic carbocycles. The molecule has 0 bridgehead atoms. The van der Waals surface area contributed by atoms with E-state index in [-0.39, 0.29) is 5.91 Å². The molecule has 6 heteroatoms. The number of para-hydroxylation sites is 2. The molecule has 6 nitrogen and oxygen atoms in total. The molecule has 1 aliphatic rings. The van der Waals surface area contributed by atoms with Gasteiger partial charge in [0.15, 0.2) is 0 Å². The van der Waals surface area contributed by atoms with Crippen molar-refractivity contribution in [2.24, 2.45) is 0 Å². The number of nitrogens with one attached hydrogen (secondary N) is 1. The molecule has 1 fully saturated rings. The number of anilines is 1. The van der Waals surface area contributed by atoms with Gasteiger partial charge in [-0.15, -0.1) is 0 Å². The number of benzene rings is 2. The SMILES string of the molecule is O=C(Nc1cnn(C2CCOCC2)c1)c1ccccc1Oc1ccccc1. The lowest BCUT2D eigenvalue weighted by atomic mass is 10.1. The molecular formula is C21H21N3O3. The number of rotatable bonds is 5. The van der Waals surface area contributed by atoms with Crippen molar-refractivity contribution >= 4 is 11.6 Å². The van der Waals surface area contributed by atoms with E-state index in [9.17, 15) is 4.79 Å². The van der Waals surface area contributed by atoms with E-state index in [0.29, 0.717) is 28.8 Å². The first-order chi connectivity index (χ1) is 13.3. The molecule has 27 heavy (non-hydrogen) atoms. The summed E-state index contributed by atoms with van der Waals surface area (Å²) >= 11 is 0. The molecule has 138 valence electrons. The topological polar surface area (TPSA) is 65.4 Å². The van der Waals surface area contributed by atoms with Crippen LogP contribution in [-0.4, -0.2) is 28.9 Å². The molecule has 0 aliphatic carbocycles. The van der Waals surface area contributed by atoms with Gasteiger partial charge in [0, 0.05) is 19.4 Å². The third-order valence-corrected chi connectivity index (χ3v) is 4.53. The summed E-state index contributed by atoms with van der Waals surface area (Å²) in [7, 11) is 0. The fourth-order valence-electron chi connectivity index (χ4n) is 3.11. The summed E-state index contributed by atoms with van der Waals surface area (Å²) in [6, 6.07) is 16.9. The molecule has 4 rings (SSSR count). The molecule has 1 saturated heterocycles. The van der Waals surface area contributed by atoms with Gasteiger partial charge in [0.25, 0.3) is 5.91 Å². The largest absolute Gasteiger partial charge is 0.457 e. The molecule has 1 N–H and O–H groups in total. The van der Waals surface area contributed by atoms with Crippen LogP contribution in [0.1, 0.15) is 29.2 Å². The van der Waals surface area contributed by atoms with E-state index in [0.717, 1.165) is 26.1 Å². The predicted molar refractivity (Wildman–Crippen MR) is 102 cm³/mol. The van der Waals surface area contributed by atoms with Crippen LogP contribution in [-0.2, 0) is 4.74 Å². The van der Waals surface area contributed by atoms with Gasteiger partial charge in [0.1, 0.15) is 11.5 Å². The lowest BCUT2D eigenvalue weighted by Crippen LogP contribution is -2.19. The van der Waals surface area contributed by atoms with Crippen LogP contribution in [0.4, 0.5) is 5.69 Å². The second kappa shape index (κ2) is 8.05. The number of ether oxygens (including phenoxy) is 2. The molecule has 3 aromatic rings. The van der Waals surface area contributed by atoms with E-state index in [1.807, 2.05) is 53.3 Å². The van der Waals surface area contributed by atoms with Gasteiger partial charge in [-0.05, 0) is 37.1 Å². The molecule has 1 aliphatic heterocycles. The van der Waals surface area contributed by atoms with Gasteiger partial charge in [0.2, 0.25) is 0 Å². The Hall–Kier alpha value is -3.12. The minimum absolute atomic E-state index is 0.229. The Morgan fingerprint density at radius 3 is 2.63 bits per heavy atom. The van der Waals surface area contributed by atoms with Gasteiger partial charge in [-0.25, -0.2) is 0 Å². The van der Waals surface area contributed by atoms with Crippen LogP contribution in [0.2, 0.25) is 0 Å². The number of aromatic nitrogens is 2. The first-order valence-corrected chi connectivity index (χ1v) is 9.05. The minimum Gasteiger partial charge on any atom is -0.457 e. The zero-order valence-electron chi connectivity index (χ0n) is 14.9. The van der Waals surface area contributed by atoms with Crippen LogP contribution < -0.4 is 10.1 Å². The first-order valence-electron chi connectivity index (χ1n) is 9.05. The summed E-state index contributed by atoms with van der Waals surface area (Å²) < 4.78 is 13.2. The summed E-state index contributed by atoms with van der Waals surface area (Å²) in [5, 5.41) is 7.30. The van der Waals surface area contributed by atoms with E-state index in [2.05, 4.69) is 10.4 Å². The number of hydrogen-bond acceptors (Lipinski definition) is 4. The predicted octanol–water partition coefficient (Wildman–Crippen LogP) is 4.28. The maximum Gasteiger partial charge on any atom is 0.259 e. The van der Waals surface area contributed by atoms with Gasteiger partial charge in [-0.3, -0.25) is 9.48 Å². The van der Waals surface area contributed by atoms with Crippen molar-refractivity contribution in [1.82, 2.24) is 9.78 Å². The summed E-state index contributed by atoms with van der Waals surface area (Å²) in [6.45, 7) is 1.49. The van der Waals surface area contributed by atoms with Gasteiger partial charge in [0.05, 0.1) is 23.5 Å². The standard InChI is InChI=1S/C21H21N3O3/c25-21(23-16-14-22-24(15-16)17-10-12-26-13-11-17)19-8-4-5-9-20(19)27-18-6-2-1-3-7-18/h1-9,14-15,17H,10-13H2,(H,23,25). The van der Waals surface area contributed by atoms with Gasteiger partial charge in [-0.1, -0.05) is 30.3 Å². The number of carbonyl (C=O) groups excluding carboxylic acids is 1. The molecule has 0 unspecified atom stereocenters. The molecule has 0 saturated carbocycles. The maximum atomic E-state index is 12.8. The van der Waals surface area contributed by atoms with E-state index in [4.69, 9.17) is 9.47 Å². The van der Waals surface area contributed by atoms with Crippen molar-refractivity contribution < 1.29 is 14.3 Å². The first kappa shape index (κ1) is 17.3. The van der Waals surface area contributed by atoms with E-state index < -0.39 is 0 Å². The minimum atomic E-state index is -0.229. The van der Waals surface area contributed by atoms with Crippen LogP contribution in [0.3, 0.4) is 0 Å². The lowest BCUT2D eigenvalue weighted by Gasteiger charge is -2.22. The third kappa shape index (κ3) is 4.17. The fourth-order valence-corrected chi connectivity index (χ4v) is 3.11. The quantitative estimate of drug-likeness (QED) is 0.735. The third-order valence-electron chi connectivity index (χ3n) is 4.53. The monoisotopic (exact) mass is 363 g/mol. The van der Waals surface area contributed by atoms with Crippen molar-refractivity contribution in [2.45, 2.75) is 18.9 Å². The molecule has 1 amide bonds. The normalized spacial score (nSPS) is 14.7. The van der Waals surface area contributed by atoms with Crippen molar-refractivity contribution in [1.29, 1.82) is 0 Å². The number of carbonyl (C=O) groups is 1. The van der Waals surface area contributed by atoms with Crippen molar-refractivity contribution in [3.8, 4) is 11.5 Å². The van der Waals surface area contributed by atoms with Crippen LogP contribution in [0, 0.1) is 0 Å². The highest BCUT2D eigenvalue weighted by molar-refractivity contribution is 6.06. The summed E-state index contributed by atoms with van der Waals surface area (Å²) in [5.74, 6) is 0.969. The van der Waals surface area contributed by atoms with Crippen LogP contribution in [0.5, 0.6) is 11.5 Å². The smallest absolute Gasteiger partial charge is 0.259 e. The zero-order chi connectivity index (χ0) is 18.5. The second-order valence-corrected chi connectivity index (χ2v) is 6.42. The van der Waals surface area contributed by atoms with Crippen LogP contribution in [0.15, 0.2) is 67.0 Å². The highest BCUT2D eigenvalue weighted by atomic mass is 16.5. The second-order valence-electron chi connectivity index (χ2n) is 6.42. The van der Waals surface area contributed by atoms with Crippen LogP contribution >= 0.6 is 0 Å². The summed E-state index contributed by atoms with van der Waals surface area (Å²) in [5.41, 5.74) is 1.14. The van der Waals surface area contributed by atoms with Gasteiger partial charge in [-0.2, -0.15) is 5.10 Å². The average Bonchev–Trinajstić information content (AvgIpc) is 3.18. The number of amides is 1. The Balaban J connectivity index is 1.48. The molecule has 0 atom stereocenters. The van der Waals surface area contributed by atoms with E-state index >= 15 is 0 Å². The Morgan fingerprint density at radius 2 is 1.81 bits per heavy atom. The Kier molecular flexibility index (Phi) is 5.16. The Morgan fingerprint density at radius 1 is 1.07 bits per heavy atom. The summed E-state index contributed by atoms with van der Waals surface area (Å²) in [4.78, 5) is 12.8. The Labute approximate surface area is 157 Å².